The minimum absolute atomic E-state index is 0.264. The first-order valence-corrected chi connectivity index (χ1v) is 4.20. The molecule has 0 radical (unpaired) electrons. The summed E-state index contributed by atoms with van der Waals surface area (Å²) in [7, 11) is 0. The molecular formula is C10H16O2. The minimum atomic E-state index is -0.264. The van der Waals surface area contributed by atoms with Crippen LogP contribution in [0.1, 0.15) is 33.1 Å². The number of carbonyl (C=O) groups is 1. The third kappa shape index (κ3) is 8.95. The molecular weight excluding hydrogens is 152 g/mol. The second kappa shape index (κ2) is 8.05. The van der Waals surface area contributed by atoms with Crippen molar-refractivity contribution in [2.24, 2.45) is 0 Å². The predicted octanol–water partition coefficient (Wildman–Crippen LogP) is 2.81. The molecule has 0 amide bonds. The molecule has 0 aromatic rings. The summed E-state index contributed by atoms with van der Waals surface area (Å²) < 4.78 is 4.61. The highest BCUT2D eigenvalue weighted by Gasteiger charge is 1.84. The average molecular weight is 168 g/mol. The summed E-state index contributed by atoms with van der Waals surface area (Å²) >= 11 is 0. The standard InChI is InChI=1S/C10H16O2/c1-3-4-5-6-7-8-9-12-10(2)11/h3-4,8-9H,5-7H2,1-2H3/b4-3+,9-8+. The van der Waals surface area contributed by atoms with E-state index in [1.807, 2.05) is 19.1 Å². The lowest BCUT2D eigenvalue weighted by molar-refractivity contribution is -0.135. The molecule has 0 unspecified atom stereocenters. The number of hydrogen-bond donors (Lipinski definition) is 0. The van der Waals surface area contributed by atoms with Crippen molar-refractivity contribution in [3.8, 4) is 0 Å². The quantitative estimate of drug-likeness (QED) is 0.273. The summed E-state index contributed by atoms with van der Waals surface area (Å²) in [5, 5.41) is 0. The third-order valence-corrected chi connectivity index (χ3v) is 1.31. The van der Waals surface area contributed by atoms with Gasteiger partial charge in [0.05, 0.1) is 6.26 Å². The molecule has 0 aliphatic heterocycles. The summed E-state index contributed by atoms with van der Waals surface area (Å²) in [6, 6.07) is 0. The Hall–Kier alpha value is -1.05. The van der Waals surface area contributed by atoms with Crippen molar-refractivity contribution in [1.82, 2.24) is 0 Å². The minimum Gasteiger partial charge on any atom is -0.435 e. The van der Waals surface area contributed by atoms with Gasteiger partial charge in [-0.25, -0.2) is 0 Å². The van der Waals surface area contributed by atoms with E-state index in [2.05, 4.69) is 10.8 Å². The number of unbranched alkanes of at least 4 members (excludes halogenated alkanes) is 2. The molecule has 0 saturated heterocycles. The monoisotopic (exact) mass is 168 g/mol. The van der Waals surface area contributed by atoms with Crippen molar-refractivity contribution in [3.63, 3.8) is 0 Å². The molecule has 0 N–H and O–H groups in total. The summed E-state index contributed by atoms with van der Waals surface area (Å²) in [6.07, 6.45) is 10.6. The van der Waals surface area contributed by atoms with Gasteiger partial charge in [-0.1, -0.05) is 12.2 Å². The summed E-state index contributed by atoms with van der Waals surface area (Å²) in [5.41, 5.74) is 0. The second-order valence-electron chi connectivity index (χ2n) is 2.48. The molecule has 2 heteroatoms. The zero-order valence-electron chi connectivity index (χ0n) is 7.75. The maximum absolute atomic E-state index is 10.3. The van der Waals surface area contributed by atoms with Crippen LogP contribution in [0.25, 0.3) is 0 Å². The highest BCUT2D eigenvalue weighted by molar-refractivity contribution is 5.66. The zero-order chi connectivity index (χ0) is 9.23. The van der Waals surface area contributed by atoms with Crippen molar-refractivity contribution in [1.29, 1.82) is 0 Å². The van der Waals surface area contributed by atoms with Crippen LogP contribution in [0.15, 0.2) is 24.5 Å². The topological polar surface area (TPSA) is 26.3 Å². The van der Waals surface area contributed by atoms with Crippen LogP contribution in [0.4, 0.5) is 0 Å². The lowest BCUT2D eigenvalue weighted by atomic mass is 10.2. The number of hydrogen-bond acceptors (Lipinski definition) is 2. The van der Waals surface area contributed by atoms with Crippen LogP contribution < -0.4 is 0 Å². The fourth-order valence-electron chi connectivity index (χ4n) is 0.732. The molecule has 0 aliphatic carbocycles. The van der Waals surface area contributed by atoms with Crippen molar-refractivity contribution >= 4 is 5.97 Å². The van der Waals surface area contributed by atoms with E-state index in [0.29, 0.717) is 0 Å². The van der Waals surface area contributed by atoms with Gasteiger partial charge in [0, 0.05) is 6.92 Å². The normalized spacial score (nSPS) is 11.2. The van der Waals surface area contributed by atoms with Crippen LogP contribution in [0.2, 0.25) is 0 Å². The van der Waals surface area contributed by atoms with Crippen LogP contribution in [0.5, 0.6) is 0 Å². The average Bonchev–Trinajstić information content (AvgIpc) is 2.02. The van der Waals surface area contributed by atoms with Crippen LogP contribution >= 0.6 is 0 Å². The van der Waals surface area contributed by atoms with Crippen molar-refractivity contribution in [2.75, 3.05) is 0 Å². The molecule has 0 atom stereocenters. The van der Waals surface area contributed by atoms with E-state index in [4.69, 9.17) is 0 Å². The van der Waals surface area contributed by atoms with E-state index in [-0.39, 0.29) is 5.97 Å². The van der Waals surface area contributed by atoms with Crippen LogP contribution in [-0.4, -0.2) is 5.97 Å². The fraction of sp³-hybridized carbons (Fsp3) is 0.500. The van der Waals surface area contributed by atoms with Gasteiger partial charge in [-0.05, 0) is 32.3 Å². The Balaban J connectivity index is 3.19. The Morgan fingerprint density at radius 2 is 2.00 bits per heavy atom. The first kappa shape index (κ1) is 11.0. The molecule has 0 aliphatic rings. The number of carbonyl (C=O) groups excluding carboxylic acids is 1. The van der Waals surface area contributed by atoms with Gasteiger partial charge in [0.2, 0.25) is 0 Å². The molecule has 0 bridgehead atoms. The molecule has 0 aromatic carbocycles. The van der Waals surface area contributed by atoms with Crippen molar-refractivity contribution < 1.29 is 9.53 Å². The van der Waals surface area contributed by atoms with Gasteiger partial charge in [0.25, 0.3) is 0 Å². The molecule has 0 saturated carbocycles. The zero-order valence-corrected chi connectivity index (χ0v) is 7.75. The molecule has 12 heavy (non-hydrogen) atoms. The Morgan fingerprint density at radius 1 is 1.33 bits per heavy atom. The number of allylic oxidation sites excluding steroid dienone is 3. The van der Waals surface area contributed by atoms with Gasteiger partial charge in [0.1, 0.15) is 0 Å². The van der Waals surface area contributed by atoms with Crippen LogP contribution in [0, 0.1) is 0 Å². The summed E-state index contributed by atoms with van der Waals surface area (Å²) in [6.45, 7) is 3.40. The van der Waals surface area contributed by atoms with Gasteiger partial charge in [0.15, 0.2) is 0 Å². The Bertz CT molecular complexity index is 169. The first-order chi connectivity index (χ1) is 5.77. The summed E-state index contributed by atoms with van der Waals surface area (Å²) in [4.78, 5) is 10.3. The molecule has 68 valence electrons. The maximum atomic E-state index is 10.3. The summed E-state index contributed by atoms with van der Waals surface area (Å²) in [5.74, 6) is -0.264. The molecule has 0 fully saturated rings. The number of esters is 1. The van der Waals surface area contributed by atoms with E-state index < -0.39 is 0 Å². The molecule has 0 heterocycles. The molecule has 0 rings (SSSR count). The SMILES string of the molecule is C/C=C/CCC/C=C/OC(C)=O. The highest BCUT2D eigenvalue weighted by Crippen LogP contribution is 1.97. The van der Waals surface area contributed by atoms with Crippen LogP contribution in [0.3, 0.4) is 0 Å². The predicted molar refractivity (Wildman–Crippen MR) is 49.6 cm³/mol. The third-order valence-electron chi connectivity index (χ3n) is 1.31. The fourth-order valence-corrected chi connectivity index (χ4v) is 0.732. The first-order valence-electron chi connectivity index (χ1n) is 4.20. The molecule has 0 spiro atoms. The lowest BCUT2D eigenvalue weighted by Crippen LogP contribution is -1.89. The van der Waals surface area contributed by atoms with E-state index >= 15 is 0 Å². The maximum Gasteiger partial charge on any atom is 0.307 e. The Morgan fingerprint density at radius 3 is 2.58 bits per heavy atom. The molecule has 2 nitrogen and oxygen atoms in total. The van der Waals surface area contributed by atoms with Crippen LogP contribution in [-0.2, 0) is 9.53 Å². The van der Waals surface area contributed by atoms with Gasteiger partial charge < -0.3 is 4.74 Å². The van der Waals surface area contributed by atoms with Gasteiger partial charge in [-0.2, -0.15) is 0 Å². The number of rotatable bonds is 5. The second-order valence-corrected chi connectivity index (χ2v) is 2.48. The Labute approximate surface area is 73.9 Å². The van der Waals surface area contributed by atoms with Crippen molar-refractivity contribution in [3.05, 3.63) is 24.5 Å². The van der Waals surface area contributed by atoms with E-state index in [1.165, 1.54) is 13.2 Å². The Kier molecular flexibility index (Phi) is 7.35. The van der Waals surface area contributed by atoms with Gasteiger partial charge in [-0.15, -0.1) is 0 Å². The number of ether oxygens (including phenoxy) is 1. The lowest BCUT2D eigenvalue weighted by Gasteiger charge is -1.91. The van der Waals surface area contributed by atoms with E-state index in [1.54, 1.807) is 0 Å². The molecule has 0 aromatic heterocycles. The highest BCUT2D eigenvalue weighted by atomic mass is 16.5. The largest absolute Gasteiger partial charge is 0.435 e. The van der Waals surface area contributed by atoms with Gasteiger partial charge in [-0.3, -0.25) is 4.79 Å². The van der Waals surface area contributed by atoms with Gasteiger partial charge >= 0.3 is 5.97 Å². The van der Waals surface area contributed by atoms with E-state index in [0.717, 1.165) is 19.3 Å². The van der Waals surface area contributed by atoms with Crippen molar-refractivity contribution in [2.45, 2.75) is 33.1 Å². The van der Waals surface area contributed by atoms with E-state index in [9.17, 15) is 4.79 Å². The smallest absolute Gasteiger partial charge is 0.307 e.